The van der Waals surface area contributed by atoms with Crippen molar-refractivity contribution in [3.63, 3.8) is 0 Å². The summed E-state index contributed by atoms with van der Waals surface area (Å²) in [5.41, 5.74) is 1.09. The third-order valence-corrected chi connectivity index (χ3v) is 11.7. The van der Waals surface area contributed by atoms with Crippen molar-refractivity contribution in [3.05, 3.63) is 0 Å². The third kappa shape index (κ3) is 1.22. The lowest BCUT2D eigenvalue weighted by molar-refractivity contribution is 0.214. The highest BCUT2D eigenvalue weighted by Gasteiger charge is 2.89. The Morgan fingerprint density at radius 1 is 0.706 bits per heavy atom. The van der Waals surface area contributed by atoms with E-state index in [9.17, 15) is 0 Å². The molecule has 0 saturated heterocycles. The average Bonchev–Trinajstić information content (AvgIpc) is 2.99. The molecule has 4 saturated carbocycles. The summed E-state index contributed by atoms with van der Waals surface area (Å²) in [7, 11) is 0. The molecule has 0 aliphatic heterocycles. The normalized spacial score (nSPS) is 57.2. The van der Waals surface area contributed by atoms with Gasteiger partial charge in [0.1, 0.15) is 0 Å². The van der Waals surface area contributed by atoms with Crippen molar-refractivity contribution in [3.8, 4) is 0 Å². The molecular weight excluding hydrogens is 476 g/mol. The first-order valence-electron chi connectivity index (χ1n) is 6.65. The van der Waals surface area contributed by atoms with E-state index in [-0.39, 0.29) is 6.47 Å². The Balaban J connectivity index is 1.75. The largest absolute Gasteiger partial charge is 0.0929 e. The zero-order valence-corrected chi connectivity index (χ0v) is 16.0. The van der Waals surface area contributed by atoms with Crippen molar-refractivity contribution >= 4 is 63.7 Å². The van der Waals surface area contributed by atoms with E-state index in [0.717, 1.165) is 11.8 Å². The van der Waals surface area contributed by atoms with Crippen LogP contribution in [0.15, 0.2) is 0 Å². The van der Waals surface area contributed by atoms with Crippen LogP contribution in [0.1, 0.15) is 44.9 Å². The summed E-state index contributed by atoms with van der Waals surface area (Å²) in [5, 5.41) is 0. The Morgan fingerprint density at radius 2 is 1.18 bits per heavy atom. The maximum atomic E-state index is 4.06. The van der Waals surface area contributed by atoms with Crippen LogP contribution in [0.4, 0.5) is 0 Å². The van der Waals surface area contributed by atoms with Crippen LogP contribution in [-0.2, 0) is 0 Å². The van der Waals surface area contributed by atoms with E-state index in [1.165, 1.54) is 44.9 Å². The van der Waals surface area contributed by atoms with Crippen molar-refractivity contribution in [1.82, 2.24) is 0 Å². The molecule has 4 aliphatic rings. The van der Waals surface area contributed by atoms with Gasteiger partial charge in [0, 0.05) is 10.8 Å². The van der Waals surface area contributed by atoms with Crippen LogP contribution in [0.2, 0.25) is 0 Å². The lowest BCUT2D eigenvalue weighted by Gasteiger charge is -2.26. The second-order valence-corrected chi connectivity index (χ2v) is 13.7. The van der Waals surface area contributed by atoms with Crippen LogP contribution < -0.4 is 0 Å². The highest BCUT2D eigenvalue weighted by Crippen LogP contribution is 2.93. The van der Waals surface area contributed by atoms with E-state index in [2.05, 4.69) is 63.7 Å². The fourth-order valence-corrected chi connectivity index (χ4v) is 9.60. The van der Waals surface area contributed by atoms with Crippen LogP contribution >= 0.6 is 63.7 Å². The monoisotopic (exact) mass is 488 g/mol. The molecule has 0 aromatic carbocycles. The van der Waals surface area contributed by atoms with Crippen molar-refractivity contribution in [2.45, 2.75) is 51.4 Å². The Bertz CT molecular complexity index is 359. The van der Waals surface area contributed by atoms with Crippen LogP contribution in [0.3, 0.4) is 0 Å². The zero-order chi connectivity index (χ0) is 12.1. The van der Waals surface area contributed by atoms with Crippen molar-refractivity contribution in [2.24, 2.45) is 22.7 Å². The molecule has 96 valence electrons. The summed E-state index contributed by atoms with van der Waals surface area (Å²) in [6.45, 7) is 0. The van der Waals surface area contributed by atoms with Crippen LogP contribution in [0.5, 0.6) is 0 Å². The van der Waals surface area contributed by atoms with Gasteiger partial charge in [-0.05, 0) is 37.5 Å². The van der Waals surface area contributed by atoms with Gasteiger partial charge in [0.25, 0.3) is 0 Å². The van der Waals surface area contributed by atoms with E-state index in [4.69, 9.17) is 0 Å². The van der Waals surface area contributed by atoms with Gasteiger partial charge in [0.2, 0.25) is 0 Å². The highest BCUT2D eigenvalue weighted by molar-refractivity contribution is 9.26. The molecule has 4 heteroatoms. The van der Waals surface area contributed by atoms with Gasteiger partial charge in [-0.15, -0.1) is 0 Å². The van der Waals surface area contributed by atoms with E-state index in [0.29, 0.717) is 10.8 Å². The lowest BCUT2D eigenvalue weighted by Crippen LogP contribution is -2.19. The molecule has 4 atom stereocenters. The summed E-state index contributed by atoms with van der Waals surface area (Å²) in [6, 6.07) is 0. The molecule has 0 amide bonds. The number of hydrogen-bond donors (Lipinski definition) is 0. The Labute approximate surface area is 137 Å². The van der Waals surface area contributed by atoms with E-state index >= 15 is 0 Å². The minimum atomic E-state index is 0.254. The number of halogens is 4. The van der Waals surface area contributed by atoms with Crippen LogP contribution in [0, 0.1) is 22.7 Å². The zero-order valence-electron chi connectivity index (χ0n) is 9.62. The molecule has 0 radical (unpaired) electrons. The fraction of sp³-hybridized carbons (Fsp3) is 1.00. The summed E-state index contributed by atoms with van der Waals surface area (Å²) >= 11 is 15.9. The first kappa shape index (κ1) is 12.6. The molecule has 0 nitrogen and oxygen atoms in total. The minimum absolute atomic E-state index is 0.254. The Hall–Kier alpha value is 1.92. The maximum absolute atomic E-state index is 4.06. The summed E-state index contributed by atoms with van der Waals surface area (Å²) in [4.78, 5) is 0. The molecule has 0 aromatic heterocycles. The summed E-state index contributed by atoms with van der Waals surface area (Å²) in [6.07, 6.45) is 9.93. The van der Waals surface area contributed by atoms with Gasteiger partial charge in [0.15, 0.2) is 0 Å². The molecule has 4 fully saturated rings. The predicted molar refractivity (Wildman–Crippen MR) is 85.3 cm³/mol. The van der Waals surface area contributed by atoms with Gasteiger partial charge in [-0.3, -0.25) is 0 Å². The summed E-state index contributed by atoms with van der Waals surface area (Å²) in [5.74, 6) is 1.70. The highest BCUT2D eigenvalue weighted by atomic mass is 79.9. The predicted octanol–water partition coefficient (Wildman–Crippen LogP) is 5.95. The SMILES string of the molecule is BrC1(Br)[C@@H]2C[C@@]34CCCCC[C@@]3(C[C@@H]21)C4(Br)Br. The molecular formula is C13H16Br4. The average molecular weight is 492 g/mol. The first-order valence-corrected chi connectivity index (χ1v) is 9.82. The molecule has 0 aromatic rings. The van der Waals surface area contributed by atoms with Crippen LogP contribution in [-0.4, -0.2) is 6.47 Å². The van der Waals surface area contributed by atoms with E-state index < -0.39 is 0 Å². The molecule has 0 unspecified atom stereocenters. The number of alkyl halides is 4. The number of hydrogen-bond acceptors (Lipinski definition) is 0. The summed E-state index contributed by atoms with van der Waals surface area (Å²) < 4.78 is 0.534. The molecule has 0 spiro atoms. The molecule has 4 aliphatic carbocycles. The van der Waals surface area contributed by atoms with Gasteiger partial charge >= 0.3 is 0 Å². The molecule has 0 bridgehead atoms. The molecule has 17 heavy (non-hydrogen) atoms. The molecule has 0 heterocycles. The topological polar surface area (TPSA) is 0 Å². The second-order valence-electron chi connectivity index (χ2n) is 6.60. The third-order valence-electron chi connectivity index (χ3n) is 6.26. The number of rotatable bonds is 0. The van der Waals surface area contributed by atoms with Crippen LogP contribution in [0.25, 0.3) is 0 Å². The van der Waals surface area contributed by atoms with Gasteiger partial charge in [-0.2, -0.15) is 0 Å². The van der Waals surface area contributed by atoms with Gasteiger partial charge in [-0.1, -0.05) is 83.0 Å². The maximum Gasteiger partial charge on any atom is 0.0929 e. The van der Waals surface area contributed by atoms with Crippen molar-refractivity contribution in [2.75, 3.05) is 0 Å². The van der Waals surface area contributed by atoms with Gasteiger partial charge < -0.3 is 0 Å². The Morgan fingerprint density at radius 3 is 1.65 bits per heavy atom. The quantitative estimate of drug-likeness (QED) is 0.367. The molecule has 4 rings (SSSR count). The van der Waals surface area contributed by atoms with Gasteiger partial charge in [-0.25, -0.2) is 0 Å². The number of fused-ring (bicyclic) bond motifs is 1. The smallest absolute Gasteiger partial charge is 0.0721 e. The van der Waals surface area contributed by atoms with E-state index in [1.807, 2.05) is 0 Å². The van der Waals surface area contributed by atoms with Gasteiger partial charge in [0.05, 0.1) is 6.47 Å². The standard InChI is InChI=1S/C13H16Br4/c14-12(15)8-6-10-4-2-1-3-5-11(10,7-9(8)12)13(10,16)17/h8-9H,1-7H2/t8-,9+,10-,11-/m0/s1. The second kappa shape index (κ2) is 3.39. The van der Waals surface area contributed by atoms with Crippen molar-refractivity contribution in [1.29, 1.82) is 0 Å². The van der Waals surface area contributed by atoms with E-state index in [1.54, 1.807) is 0 Å². The molecule has 0 N–H and O–H groups in total. The first-order chi connectivity index (χ1) is 7.89. The fourth-order valence-electron chi connectivity index (χ4n) is 5.18. The minimum Gasteiger partial charge on any atom is -0.0721 e. The lowest BCUT2D eigenvalue weighted by atomic mass is 9.77. The van der Waals surface area contributed by atoms with Crippen molar-refractivity contribution < 1.29 is 0 Å². The Kier molecular flexibility index (Phi) is 2.52.